The van der Waals surface area contributed by atoms with Crippen LogP contribution in [-0.2, 0) is 7.05 Å². The number of benzene rings is 1. The van der Waals surface area contributed by atoms with Crippen LogP contribution < -0.4 is 11.1 Å². The Kier molecular flexibility index (Phi) is 2.08. The zero-order chi connectivity index (χ0) is 11.9. The van der Waals surface area contributed by atoms with Crippen LogP contribution in [0.1, 0.15) is 0 Å². The van der Waals surface area contributed by atoms with Gasteiger partial charge in [-0.25, -0.2) is 0 Å². The number of aryl methyl sites for hydroxylation is 1. The van der Waals surface area contributed by atoms with Crippen molar-refractivity contribution in [1.82, 2.24) is 9.55 Å². The summed E-state index contributed by atoms with van der Waals surface area (Å²) in [5, 5.41) is 10.7. The maximum atomic E-state index is 11.3. The van der Waals surface area contributed by atoms with Crippen LogP contribution in [0.15, 0.2) is 27.8 Å². The van der Waals surface area contributed by atoms with E-state index in [0.717, 1.165) is 4.57 Å². The highest BCUT2D eigenvalue weighted by Crippen LogP contribution is 2.20. The molecule has 0 radical (unpaired) electrons. The predicted molar refractivity (Wildman–Crippen MR) is 56.5 cm³/mol. The Labute approximate surface area is 88.1 Å². The number of H-pyrrole nitrogens is 1. The van der Waals surface area contributed by atoms with Gasteiger partial charge in [0.15, 0.2) is 0 Å². The zero-order valence-electron chi connectivity index (χ0n) is 8.26. The number of aromatic nitrogens is 2. The van der Waals surface area contributed by atoms with Gasteiger partial charge in [-0.05, 0) is 6.07 Å². The predicted octanol–water partition coefficient (Wildman–Crippen LogP) is 0.135. The van der Waals surface area contributed by atoms with E-state index in [2.05, 4.69) is 4.98 Å². The first kappa shape index (κ1) is 10.1. The van der Waals surface area contributed by atoms with Gasteiger partial charge in [-0.3, -0.25) is 19.7 Å². The SMILES string of the molecule is Cn1c(=O)c(=O)[nH]c2c([N+](=O)[O-])cccc21. The van der Waals surface area contributed by atoms with Crippen molar-refractivity contribution in [3.05, 3.63) is 49.0 Å². The average molecular weight is 221 g/mol. The van der Waals surface area contributed by atoms with Crippen molar-refractivity contribution in [3.63, 3.8) is 0 Å². The van der Waals surface area contributed by atoms with E-state index in [1.54, 1.807) is 0 Å². The lowest BCUT2D eigenvalue weighted by Crippen LogP contribution is -2.34. The first-order valence-electron chi connectivity index (χ1n) is 4.39. The van der Waals surface area contributed by atoms with E-state index < -0.39 is 16.0 Å². The van der Waals surface area contributed by atoms with Gasteiger partial charge >= 0.3 is 11.1 Å². The molecule has 0 aliphatic heterocycles. The quantitative estimate of drug-likeness (QED) is 0.420. The lowest BCUT2D eigenvalue weighted by Gasteiger charge is -2.03. The molecule has 2 aromatic rings. The molecule has 0 spiro atoms. The minimum absolute atomic E-state index is 0.0552. The summed E-state index contributed by atoms with van der Waals surface area (Å²) in [6, 6.07) is 4.25. The molecule has 0 saturated carbocycles. The fourth-order valence-electron chi connectivity index (χ4n) is 1.52. The summed E-state index contributed by atoms with van der Waals surface area (Å²) in [6.45, 7) is 0. The van der Waals surface area contributed by atoms with Gasteiger partial charge in [-0.1, -0.05) is 6.07 Å². The second kappa shape index (κ2) is 3.30. The number of hydrogen-bond donors (Lipinski definition) is 1. The van der Waals surface area contributed by atoms with E-state index in [1.165, 1.54) is 25.2 Å². The fourth-order valence-corrected chi connectivity index (χ4v) is 1.52. The molecule has 1 heterocycles. The molecule has 7 nitrogen and oxygen atoms in total. The summed E-state index contributed by atoms with van der Waals surface area (Å²) in [4.78, 5) is 34.9. The van der Waals surface area contributed by atoms with Crippen LogP contribution in [0.25, 0.3) is 11.0 Å². The highest BCUT2D eigenvalue weighted by atomic mass is 16.6. The Balaban J connectivity index is 3.07. The van der Waals surface area contributed by atoms with E-state index in [-0.39, 0.29) is 11.2 Å². The first-order valence-corrected chi connectivity index (χ1v) is 4.39. The van der Waals surface area contributed by atoms with Gasteiger partial charge in [-0.15, -0.1) is 0 Å². The molecule has 16 heavy (non-hydrogen) atoms. The fraction of sp³-hybridized carbons (Fsp3) is 0.111. The Bertz CT molecular complexity index is 698. The number of nitro groups is 1. The smallest absolute Gasteiger partial charge is 0.310 e. The minimum Gasteiger partial charge on any atom is -0.310 e. The van der Waals surface area contributed by atoms with Crippen LogP contribution in [0, 0.1) is 10.1 Å². The number of rotatable bonds is 1. The summed E-state index contributed by atoms with van der Waals surface area (Å²) < 4.78 is 1.08. The molecule has 0 bridgehead atoms. The summed E-state index contributed by atoms with van der Waals surface area (Å²) in [5.74, 6) is 0. The highest BCUT2D eigenvalue weighted by molar-refractivity contribution is 5.83. The molecule has 1 N–H and O–H groups in total. The molecule has 0 atom stereocenters. The minimum atomic E-state index is -0.871. The van der Waals surface area contributed by atoms with E-state index >= 15 is 0 Å². The van der Waals surface area contributed by atoms with Crippen molar-refractivity contribution in [2.75, 3.05) is 0 Å². The van der Waals surface area contributed by atoms with Crippen LogP contribution in [0.3, 0.4) is 0 Å². The Hall–Kier alpha value is -2.44. The molecule has 0 aliphatic rings. The first-order chi connectivity index (χ1) is 7.52. The van der Waals surface area contributed by atoms with Crippen LogP contribution in [0.5, 0.6) is 0 Å². The number of non-ortho nitro benzene ring substituents is 1. The van der Waals surface area contributed by atoms with Crippen molar-refractivity contribution in [2.45, 2.75) is 0 Å². The van der Waals surface area contributed by atoms with E-state index in [0.29, 0.717) is 5.52 Å². The van der Waals surface area contributed by atoms with E-state index in [9.17, 15) is 19.7 Å². The summed E-state index contributed by atoms with van der Waals surface area (Å²) >= 11 is 0. The Morgan fingerprint density at radius 3 is 2.69 bits per heavy atom. The number of para-hydroxylation sites is 1. The van der Waals surface area contributed by atoms with Gasteiger partial charge in [-0.2, -0.15) is 0 Å². The number of aromatic amines is 1. The van der Waals surface area contributed by atoms with Crippen molar-refractivity contribution >= 4 is 16.7 Å². The Morgan fingerprint density at radius 2 is 2.06 bits per heavy atom. The molecular weight excluding hydrogens is 214 g/mol. The second-order valence-electron chi connectivity index (χ2n) is 3.25. The Morgan fingerprint density at radius 1 is 1.38 bits per heavy atom. The highest BCUT2D eigenvalue weighted by Gasteiger charge is 2.14. The zero-order valence-corrected chi connectivity index (χ0v) is 8.26. The van der Waals surface area contributed by atoms with E-state index in [1.807, 2.05) is 0 Å². The lowest BCUT2D eigenvalue weighted by atomic mass is 10.2. The third kappa shape index (κ3) is 1.29. The third-order valence-corrected chi connectivity index (χ3v) is 2.32. The summed E-state index contributed by atoms with van der Waals surface area (Å²) in [5.41, 5.74) is -1.47. The molecule has 1 aromatic carbocycles. The van der Waals surface area contributed by atoms with Crippen molar-refractivity contribution < 1.29 is 4.92 Å². The molecule has 0 unspecified atom stereocenters. The number of hydrogen-bond acceptors (Lipinski definition) is 4. The topological polar surface area (TPSA) is 98.0 Å². The molecule has 7 heteroatoms. The van der Waals surface area contributed by atoms with Crippen molar-refractivity contribution in [2.24, 2.45) is 7.05 Å². The van der Waals surface area contributed by atoms with Crippen LogP contribution in [0.4, 0.5) is 5.69 Å². The monoisotopic (exact) mass is 221 g/mol. The maximum Gasteiger partial charge on any atom is 0.316 e. The standard InChI is InChI=1S/C9H7N3O4/c1-11-5-3-2-4-6(12(15)16)7(5)10-8(13)9(11)14/h2-4H,1H3,(H,10,13). The van der Waals surface area contributed by atoms with E-state index in [4.69, 9.17) is 0 Å². The molecule has 82 valence electrons. The van der Waals surface area contributed by atoms with Gasteiger partial charge in [0, 0.05) is 13.1 Å². The second-order valence-corrected chi connectivity index (χ2v) is 3.25. The molecule has 2 rings (SSSR count). The number of nitrogens with zero attached hydrogens (tertiary/aromatic N) is 2. The largest absolute Gasteiger partial charge is 0.316 e. The van der Waals surface area contributed by atoms with Gasteiger partial charge < -0.3 is 9.55 Å². The van der Waals surface area contributed by atoms with Gasteiger partial charge in [0.2, 0.25) is 0 Å². The van der Waals surface area contributed by atoms with Crippen LogP contribution in [0.2, 0.25) is 0 Å². The molecule has 0 fully saturated rings. The van der Waals surface area contributed by atoms with Gasteiger partial charge in [0.1, 0.15) is 5.52 Å². The summed E-state index contributed by atoms with van der Waals surface area (Å²) in [6.07, 6.45) is 0. The van der Waals surface area contributed by atoms with Crippen LogP contribution >= 0.6 is 0 Å². The maximum absolute atomic E-state index is 11.3. The molecule has 0 saturated heterocycles. The molecule has 0 aliphatic carbocycles. The lowest BCUT2D eigenvalue weighted by molar-refractivity contribution is -0.383. The van der Waals surface area contributed by atoms with Gasteiger partial charge in [0.25, 0.3) is 5.69 Å². The van der Waals surface area contributed by atoms with Gasteiger partial charge in [0.05, 0.1) is 10.4 Å². The third-order valence-electron chi connectivity index (χ3n) is 2.32. The molecular formula is C9H7N3O4. The van der Waals surface area contributed by atoms with Crippen LogP contribution in [-0.4, -0.2) is 14.5 Å². The number of nitro benzene ring substituents is 1. The number of fused-ring (bicyclic) bond motifs is 1. The normalized spacial score (nSPS) is 10.6. The molecule has 0 amide bonds. The summed E-state index contributed by atoms with van der Waals surface area (Å²) in [7, 11) is 1.39. The molecule has 1 aromatic heterocycles. The van der Waals surface area contributed by atoms with Crippen molar-refractivity contribution in [3.8, 4) is 0 Å². The van der Waals surface area contributed by atoms with Crippen molar-refractivity contribution in [1.29, 1.82) is 0 Å². The average Bonchev–Trinajstić information content (AvgIpc) is 2.25. The number of nitrogens with one attached hydrogen (secondary N) is 1.